The normalized spacial score (nSPS) is 19.6. The van der Waals surface area contributed by atoms with Crippen LogP contribution in [0.4, 0.5) is 19.0 Å². The molecule has 0 bridgehead atoms. The van der Waals surface area contributed by atoms with Crippen molar-refractivity contribution in [1.29, 1.82) is 0 Å². The van der Waals surface area contributed by atoms with Crippen molar-refractivity contribution >= 4 is 11.7 Å². The Morgan fingerprint density at radius 1 is 1.45 bits per heavy atom. The van der Waals surface area contributed by atoms with E-state index in [4.69, 9.17) is 0 Å². The molecule has 1 aliphatic rings. The first-order chi connectivity index (χ1) is 9.27. The molecule has 0 saturated carbocycles. The molecule has 1 aromatic heterocycles. The summed E-state index contributed by atoms with van der Waals surface area (Å²) in [4.78, 5) is 18.4. The zero-order valence-electron chi connectivity index (χ0n) is 11.3. The van der Waals surface area contributed by atoms with E-state index in [0.29, 0.717) is 19.5 Å². The third-order valence-corrected chi connectivity index (χ3v) is 3.37. The van der Waals surface area contributed by atoms with Gasteiger partial charge in [0.05, 0.1) is 0 Å². The van der Waals surface area contributed by atoms with E-state index < -0.39 is 11.9 Å². The van der Waals surface area contributed by atoms with Crippen molar-refractivity contribution in [2.24, 2.45) is 5.92 Å². The zero-order valence-corrected chi connectivity index (χ0v) is 11.3. The topological polar surface area (TPSA) is 36.4 Å². The highest BCUT2D eigenvalue weighted by Crippen LogP contribution is 2.29. The predicted octanol–water partition coefficient (Wildman–Crippen LogP) is 2.01. The fourth-order valence-electron chi connectivity index (χ4n) is 2.35. The summed E-state index contributed by atoms with van der Waals surface area (Å²) in [5.41, 5.74) is -0.901. The van der Waals surface area contributed by atoms with Crippen LogP contribution >= 0.6 is 0 Å². The number of pyridine rings is 1. The van der Waals surface area contributed by atoms with E-state index in [9.17, 15) is 18.0 Å². The number of halogens is 3. The Bertz CT molecular complexity index is 504. The molecule has 20 heavy (non-hydrogen) atoms. The van der Waals surface area contributed by atoms with Crippen molar-refractivity contribution in [3.8, 4) is 0 Å². The Morgan fingerprint density at radius 2 is 2.15 bits per heavy atom. The zero-order chi connectivity index (χ0) is 14.9. The Balaban J connectivity index is 2.06. The highest BCUT2D eigenvalue weighted by atomic mass is 19.4. The van der Waals surface area contributed by atoms with Gasteiger partial charge in [0, 0.05) is 39.5 Å². The fraction of sp³-hybridized carbons (Fsp3) is 0.538. The molecule has 0 N–H and O–H groups in total. The van der Waals surface area contributed by atoms with E-state index >= 15 is 0 Å². The van der Waals surface area contributed by atoms with Gasteiger partial charge in [-0.1, -0.05) is 6.07 Å². The van der Waals surface area contributed by atoms with Gasteiger partial charge in [0.2, 0.25) is 5.91 Å². The molecule has 4 nitrogen and oxygen atoms in total. The van der Waals surface area contributed by atoms with Crippen LogP contribution in [-0.2, 0) is 11.0 Å². The van der Waals surface area contributed by atoms with Gasteiger partial charge in [-0.15, -0.1) is 0 Å². The van der Waals surface area contributed by atoms with Crippen LogP contribution in [0.2, 0.25) is 0 Å². The van der Waals surface area contributed by atoms with Gasteiger partial charge >= 0.3 is 6.18 Å². The average Bonchev–Trinajstić information content (AvgIpc) is 2.67. The summed E-state index contributed by atoms with van der Waals surface area (Å²) in [5, 5.41) is 0. The van der Waals surface area contributed by atoms with Crippen LogP contribution in [0.1, 0.15) is 12.1 Å². The van der Waals surface area contributed by atoms with Crippen LogP contribution in [0.5, 0.6) is 0 Å². The fourth-order valence-corrected chi connectivity index (χ4v) is 2.35. The van der Waals surface area contributed by atoms with Gasteiger partial charge < -0.3 is 9.80 Å². The van der Waals surface area contributed by atoms with Crippen LogP contribution in [0.15, 0.2) is 18.2 Å². The molecule has 0 spiro atoms. The third-order valence-electron chi connectivity index (χ3n) is 3.37. The molecule has 2 rings (SSSR count). The van der Waals surface area contributed by atoms with Gasteiger partial charge in [0.1, 0.15) is 11.5 Å². The van der Waals surface area contributed by atoms with Crippen LogP contribution in [-0.4, -0.2) is 43.0 Å². The second kappa shape index (κ2) is 5.30. The van der Waals surface area contributed by atoms with Crippen LogP contribution in [0.25, 0.3) is 0 Å². The monoisotopic (exact) mass is 287 g/mol. The number of alkyl halides is 3. The van der Waals surface area contributed by atoms with Gasteiger partial charge in [-0.3, -0.25) is 4.79 Å². The van der Waals surface area contributed by atoms with Crippen LogP contribution in [0, 0.1) is 5.92 Å². The first-order valence-electron chi connectivity index (χ1n) is 6.26. The van der Waals surface area contributed by atoms with E-state index in [-0.39, 0.29) is 17.6 Å². The summed E-state index contributed by atoms with van der Waals surface area (Å²) in [6, 6.07) is 3.83. The molecule has 0 radical (unpaired) electrons. The van der Waals surface area contributed by atoms with Crippen molar-refractivity contribution in [3.63, 3.8) is 0 Å². The number of hydrogen-bond donors (Lipinski definition) is 0. The minimum atomic E-state index is -4.44. The quantitative estimate of drug-likeness (QED) is 0.853. The number of hydrogen-bond acceptors (Lipinski definition) is 3. The van der Waals surface area contributed by atoms with Gasteiger partial charge in [0.25, 0.3) is 0 Å². The number of carbonyl (C=O) groups is 1. The van der Waals surface area contributed by atoms with Gasteiger partial charge in [-0.2, -0.15) is 13.2 Å². The smallest absolute Gasteiger partial charge is 0.359 e. The maximum Gasteiger partial charge on any atom is 0.433 e. The molecule has 1 fully saturated rings. The lowest BCUT2D eigenvalue weighted by Crippen LogP contribution is -2.28. The molecule has 7 heteroatoms. The first kappa shape index (κ1) is 14.6. The summed E-state index contributed by atoms with van der Waals surface area (Å²) < 4.78 is 37.8. The number of anilines is 1. The second-order valence-electron chi connectivity index (χ2n) is 5.10. The minimum absolute atomic E-state index is 0.0698. The summed E-state index contributed by atoms with van der Waals surface area (Å²) in [6.45, 7) is 1.13. The van der Waals surface area contributed by atoms with E-state index in [1.807, 2.05) is 0 Å². The highest BCUT2D eigenvalue weighted by molar-refractivity contribution is 5.78. The summed E-state index contributed by atoms with van der Waals surface area (Å²) >= 11 is 0. The van der Waals surface area contributed by atoms with Crippen molar-refractivity contribution in [3.05, 3.63) is 23.9 Å². The standard InChI is InChI=1S/C13H16F3N3O/c1-18(7-9-6-12(20)19(2)8-9)11-5-3-4-10(17-11)13(14,15)16/h3-5,9H,6-8H2,1-2H3/t9-/m0/s1. The maximum atomic E-state index is 12.6. The number of carbonyl (C=O) groups excluding carboxylic acids is 1. The number of amides is 1. The summed E-state index contributed by atoms with van der Waals surface area (Å²) in [7, 11) is 3.41. The summed E-state index contributed by atoms with van der Waals surface area (Å²) in [6.07, 6.45) is -4.01. The van der Waals surface area contributed by atoms with E-state index in [2.05, 4.69) is 4.98 Å². The van der Waals surface area contributed by atoms with Crippen molar-refractivity contribution in [2.75, 3.05) is 32.1 Å². The molecule has 0 aliphatic carbocycles. The molecule has 0 unspecified atom stereocenters. The molecule has 1 saturated heterocycles. The SMILES string of the molecule is CN1C[C@H](CN(C)c2cccc(C(F)(F)F)n2)CC1=O. The first-order valence-corrected chi connectivity index (χ1v) is 6.26. The molecule has 1 aliphatic heterocycles. The highest BCUT2D eigenvalue weighted by Gasteiger charge is 2.33. The van der Waals surface area contributed by atoms with E-state index in [1.165, 1.54) is 12.1 Å². The number of rotatable bonds is 3. The Kier molecular flexibility index (Phi) is 3.87. The van der Waals surface area contributed by atoms with Gasteiger partial charge in [0.15, 0.2) is 0 Å². The Hall–Kier alpha value is -1.79. The van der Waals surface area contributed by atoms with Crippen molar-refractivity contribution in [2.45, 2.75) is 12.6 Å². The van der Waals surface area contributed by atoms with E-state index in [1.54, 1.807) is 23.9 Å². The lowest BCUT2D eigenvalue weighted by molar-refractivity contribution is -0.141. The molecular weight excluding hydrogens is 271 g/mol. The van der Waals surface area contributed by atoms with Gasteiger partial charge in [-0.05, 0) is 12.1 Å². The summed E-state index contributed by atoms with van der Waals surface area (Å²) in [5.74, 6) is 0.455. The van der Waals surface area contributed by atoms with E-state index in [0.717, 1.165) is 6.07 Å². The molecule has 0 aromatic carbocycles. The molecule has 2 heterocycles. The lowest BCUT2D eigenvalue weighted by atomic mass is 10.1. The average molecular weight is 287 g/mol. The Morgan fingerprint density at radius 3 is 2.70 bits per heavy atom. The molecule has 1 aromatic rings. The van der Waals surface area contributed by atoms with Crippen molar-refractivity contribution < 1.29 is 18.0 Å². The number of nitrogens with zero attached hydrogens (tertiary/aromatic N) is 3. The minimum Gasteiger partial charge on any atom is -0.359 e. The molecular formula is C13H16F3N3O. The lowest BCUT2D eigenvalue weighted by Gasteiger charge is -2.22. The van der Waals surface area contributed by atoms with Crippen molar-refractivity contribution in [1.82, 2.24) is 9.88 Å². The maximum absolute atomic E-state index is 12.6. The largest absolute Gasteiger partial charge is 0.433 e. The molecule has 1 atom stereocenters. The predicted molar refractivity (Wildman–Crippen MR) is 68.3 cm³/mol. The molecule has 110 valence electrons. The van der Waals surface area contributed by atoms with Crippen LogP contribution < -0.4 is 4.90 Å². The molecule has 1 amide bonds. The Labute approximate surface area is 115 Å². The van der Waals surface area contributed by atoms with Crippen LogP contribution in [0.3, 0.4) is 0 Å². The second-order valence-corrected chi connectivity index (χ2v) is 5.10. The third kappa shape index (κ3) is 3.20. The number of likely N-dealkylation sites (tertiary alicyclic amines) is 1. The van der Waals surface area contributed by atoms with Gasteiger partial charge in [-0.25, -0.2) is 4.98 Å². The number of aromatic nitrogens is 1.